The summed E-state index contributed by atoms with van der Waals surface area (Å²) in [5.41, 5.74) is 6.08. The van der Waals surface area contributed by atoms with E-state index in [1.807, 2.05) is 66.7 Å². The third-order valence-electron chi connectivity index (χ3n) is 7.05. The number of benzene rings is 6. The minimum atomic E-state index is -0.464. The van der Waals surface area contributed by atoms with Gasteiger partial charge in [-0.3, -0.25) is 0 Å². The molecule has 0 bridgehead atoms. The molecule has 0 aliphatic heterocycles. The monoisotopic (exact) mass is 508 g/mol. The first-order chi connectivity index (χ1) is 22.7. The summed E-state index contributed by atoms with van der Waals surface area (Å²) in [6.45, 7) is 0. The van der Waals surface area contributed by atoms with Crippen molar-refractivity contribution in [2.75, 3.05) is 5.32 Å². The Labute approximate surface area is 236 Å². The second kappa shape index (κ2) is 8.64. The molecule has 0 amide bonds. The molecule has 2 heterocycles. The van der Waals surface area contributed by atoms with E-state index >= 15 is 0 Å². The summed E-state index contributed by atoms with van der Waals surface area (Å²) in [6.07, 6.45) is 0. The van der Waals surface area contributed by atoms with Crippen LogP contribution in [0.15, 0.2) is 144 Å². The molecule has 39 heavy (non-hydrogen) atoms. The van der Waals surface area contributed by atoms with Crippen LogP contribution in [-0.2, 0) is 0 Å². The fourth-order valence-electron chi connectivity index (χ4n) is 5.29. The molecule has 0 fully saturated rings. The van der Waals surface area contributed by atoms with Gasteiger partial charge in [0.25, 0.3) is 0 Å². The highest BCUT2D eigenvalue weighted by molar-refractivity contribution is 6.12. The van der Waals surface area contributed by atoms with Gasteiger partial charge in [-0.2, -0.15) is 0 Å². The SMILES string of the molecule is [2H]c1c([2H])c([2H])c2c(c1[2H])c1c([2H])c([2H])c([2H])c([2H])c1n2-c1ccc(Nc2ccc(-c3cccc4oc5ccccc5c34)cc2)cc1. The van der Waals surface area contributed by atoms with Gasteiger partial charge >= 0.3 is 0 Å². The number of fused-ring (bicyclic) bond motifs is 6. The van der Waals surface area contributed by atoms with Crippen molar-refractivity contribution < 1.29 is 15.4 Å². The molecule has 3 nitrogen and oxygen atoms in total. The zero-order chi connectivity index (χ0) is 32.7. The Morgan fingerprint density at radius 3 is 1.90 bits per heavy atom. The Morgan fingerprint density at radius 1 is 0.564 bits per heavy atom. The van der Waals surface area contributed by atoms with Crippen LogP contribution in [0.4, 0.5) is 11.4 Å². The zero-order valence-electron chi connectivity index (χ0n) is 28.5. The van der Waals surface area contributed by atoms with Crippen LogP contribution in [-0.4, -0.2) is 4.57 Å². The first kappa shape index (κ1) is 15.2. The van der Waals surface area contributed by atoms with E-state index in [9.17, 15) is 0 Å². The Balaban J connectivity index is 1.18. The second-order valence-corrected chi connectivity index (χ2v) is 9.31. The zero-order valence-corrected chi connectivity index (χ0v) is 20.5. The predicted octanol–water partition coefficient (Wildman–Crippen LogP) is 10.1. The van der Waals surface area contributed by atoms with Crippen LogP contribution in [0.2, 0.25) is 0 Å². The van der Waals surface area contributed by atoms with Crippen LogP contribution in [0.5, 0.6) is 0 Å². The number of para-hydroxylation sites is 3. The molecule has 0 unspecified atom stereocenters. The number of nitrogens with zero attached hydrogens (tertiary/aromatic N) is 1. The Kier molecular flexibility index (Phi) is 3.37. The first-order valence-corrected chi connectivity index (χ1v) is 12.5. The number of aromatic nitrogens is 1. The van der Waals surface area contributed by atoms with Gasteiger partial charge in [0.1, 0.15) is 11.2 Å². The molecule has 0 spiro atoms. The quantitative estimate of drug-likeness (QED) is 0.256. The van der Waals surface area contributed by atoms with Gasteiger partial charge < -0.3 is 14.3 Å². The van der Waals surface area contributed by atoms with Crippen molar-refractivity contribution in [1.29, 1.82) is 0 Å². The van der Waals surface area contributed by atoms with Crippen molar-refractivity contribution in [1.82, 2.24) is 4.57 Å². The van der Waals surface area contributed by atoms with Crippen molar-refractivity contribution in [2.45, 2.75) is 0 Å². The van der Waals surface area contributed by atoms with E-state index in [0.29, 0.717) is 5.69 Å². The van der Waals surface area contributed by atoms with Crippen LogP contribution in [0, 0.1) is 0 Å². The van der Waals surface area contributed by atoms with Crippen molar-refractivity contribution in [2.24, 2.45) is 0 Å². The second-order valence-electron chi connectivity index (χ2n) is 9.31. The molecule has 2 aromatic heterocycles. The summed E-state index contributed by atoms with van der Waals surface area (Å²) in [5, 5.41) is 5.64. The Hall–Kier alpha value is -5.28. The normalized spacial score (nSPS) is 14.5. The van der Waals surface area contributed by atoms with E-state index in [2.05, 4.69) is 17.4 Å². The lowest BCUT2D eigenvalue weighted by atomic mass is 9.99. The van der Waals surface area contributed by atoms with E-state index in [4.69, 9.17) is 15.4 Å². The van der Waals surface area contributed by atoms with E-state index in [-0.39, 0.29) is 46.0 Å². The van der Waals surface area contributed by atoms with Crippen molar-refractivity contribution in [3.63, 3.8) is 0 Å². The average Bonchev–Trinajstić information content (AvgIpc) is 3.66. The van der Waals surface area contributed by atoms with Gasteiger partial charge in [-0.25, -0.2) is 0 Å². The average molecular weight is 509 g/mol. The predicted molar refractivity (Wildman–Crippen MR) is 163 cm³/mol. The summed E-state index contributed by atoms with van der Waals surface area (Å²) in [5.74, 6) is 0. The van der Waals surface area contributed by atoms with Gasteiger partial charge in [0.2, 0.25) is 0 Å². The minimum Gasteiger partial charge on any atom is -0.456 e. The number of anilines is 2. The lowest BCUT2D eigenvalue weighted by molar-refractivity contribution is 0.669. The smallest absolute Gasteiger partial charge is 0.136 e. The van der Waals surface area contributed by atoms with Gasteiger partial charge in [-0.15, -0.1) is 0 Å². The molecule has 1 N–H and O–H groups in total. The number of hydrogen-bond acceptors (Lipinski definition) is 2. The molecule has 0 aliphatic rings. The third kappa shape index (κ3) is 3.52. The molecule has 0 aliphatic carbocycles. The van der Waals surface area contributed by atoms with Crippen LogP contribution >= 0.6 is 0 Å². The molecular weight excluding hydrogens is 476 g/mol. The third-order valence-corrected chi connectivity index (χ3v) is 7.05. The topological polar surface area (TPSA) is 30.1 Å². The molecule has 0 radical (unpaired) electrons. The van der Waals surface area contributed by atoms with Crippen LogP contribution in [0.1, 0.15) is 11.0 Å². The highest BCUT2D eigenvalue weighted by Crippen LogP contribution is 2.37. The molecule has 0 saturated heterocycles. The summed E-state index contributed by atoms with van der Waals surface area (Å²) in [6, 6.07) is 26.1. The summed E-state index contributed by atoms with van der Waals surface area (Å²) < 4.78 is 75.2. The highest BCUT2D eigenvalue weighted by Gasteiger charge is 2.13. The van der Waals surface area contributed by atoms with E-state index in [0.717, 1.165) is 44.4 Å². The van der Waals surface area contributed by atoms with Crippen LogP contribution < -0.4 is 5.32 Å². The summed E-state index contributed by atoms with van der Waals surface area (Å²) in [4.78, 5) is 0. The molecule has 0 saturated carbocycles. The molecule has 6 aromatic carbocycles. The lowest BCUT2D eigenvalue weighted by Crippen LogP contribution is -1.95. The summed E-state index contributed by atoms with van der Waals surface area (Å²) >= 11 is 0. The van der Waals surface area contributed by atoms with Gasteiger partial charge in [-0.05, 0) is 71.7 Å². The van der Waals surface area contributed by atoms with Gasteiger partial charge in [0.15, 0.2) is 0 Å². The fraction of sp³-hybridized carbons (Fsp3) is 0. The standard InChI is InChI=1S/C36H24N2O/c1-4-12-32-29(8-1)30-9-2-5-13-33(30)38(32)27-22-20-26(21-23-27)37-25-18-16-24(17-19-25)28-11-7-15-35-36(28)31-10-3-6-14-34(31)39-35/h1-23,37H/i1D,2D,4D,5D,8D,9D,12D,13D. The molecule has 184 valence electrons. The number of rotatable bonds is 4. The minimum absolute atomic E-state index is 0.0550. The summed E-state index contributed by atoms with van der Waals surface area (Å²) in [7, 11) is 0. The fourth-order valence-corrected chi connectivity index (χ4v) is 5.29. The Bertz CT molecular complexity index is 2490. The van der Waals surface area contributed by atoms with Crippen LogP contribution in [0.25, 0.3) is 60.6 Å². The van der Waals surface area contributed by atoms with Gasteiger partial charge in [-0.1, -0.05) is 78.7 Å². The van der Waals surface area contributed by atoms with Gasteiger partial charge in [0, 0.05) is 38.6 Å². The number of furan rings is 1. The van der Waals surface area contributed by atoms with Crippen molar-refractivity contribution in [3.8, 4) is 16.8 Å². The van der Waals surface area contributed by atoms with E-state index in [1.54, 1.807) is 12.1 Å². The maximum absolute atomic E-state index is 8.70. The highest BCUT2D eigenvalue weighted by atomic mass is 16.3. The largest absolute Gasteiger partial charge is 0.456 e. The Morgan fingerprint density at radius 2 is 1.18 bits per heavy atom. The molecule has 8 aromatic rings. The van der Waals surface area contributed by atoms with Crippen molar-refractivity contribution >= 4 is 55.1 Å². The molecule has 3 heteroatoms. The van der Waals surface area contributed by atoms with E-state index < -0.39 is 24.2 Å². The van der Waals surface area contributed by atoms with Gasteiger partial charge in [0.05, 0.1) is 22.0 Å². The van der Waals surface area contributed by atoms with Crippen LogP contribution in [0.3, 0.4) is 0 Å². The molecule has 0 atom stereocenters. The van der Waals surface area contributed by atoms with E-state index in [1.165, 1.54) is 4.57 Å². The maximum atomic E-state index is 8.70. The maximum Gasteiger partial charge on any atom is 0.136 e. The number of hydrogen-bond donors (Lipinski definition) is 1. The number of nitrogens with one attached hydrogen (secondary N) is 1. The molecule has 8 rings (SSSR count). The first-order valence-electron chi connectivity index (χ1n) is 16.5. The lowest BCUT2D eigenvalue weighted by Gasteiger charge is -2.11. The molecular formula is C36H24N2O. The van der Waals surface area contributed by atoms with Crippen molar-refractivity contribution in [3.05, 3.63) is 139 Å².